The summed E-state index contributed by atoms with van der Waals surface area (Å²) in [6.45, 7) is 3.48. The van der Waals surface area contributed by atoms with Crippen LogP contribution in [-0.4, -0.2) is 29.7 Å². The van der Waals surface area contributed by atoms with Crippen LogP contribution in [-0.2, 0) is 9.59 Å². The molecule has 3 nitrogen and oxygen atoms in total. The van der Waals surface area contributed by atoms with Crippen LogP contribution >= 0.6 is 0 Å². The zero-order chi connectivity index (χ0) is 9.68. The second kappa shape index (κ2) is 5.00. The number of hydrogen-bond donors (Lipinski definition) is 0. The van der Waals surface area contributed by atoms with Crippen LogP contribution in [0.25, 0.3) is 0 Å². The van der Waals surface area contributed by atoms with Crippen LogP contribution in [0.4, 0.5) is 0 Å². The van der Waals surface area contributed by atoms with Crippen molar-refractivity contribution in [3.05, 3.63) is 0 Å². The molecular formula is C10H17NO2. The predicted octanol–water partition coefficient (Wildman–Crippen LogP) is 1.37. The standard InChI is InChI=1S/C10H17NO2/c1-2-4-9(12)6-8-11-7-3-5-10(11)13/h2-8H2,1H3. The van der Waals surface area contributed by atoms with Crippen molar-refractivity contribution < 1.29 is 9.59 Å². The Hall–Kier alpha value is -0.860. The van der Waals surface area contributed by atoms with E-state index >= 15 is 0 Å². The average molecular weight is 183 g/mol. The lowest BCUT2D eigenvalue weighted by molar-refractivity contribution is -0.128. The zero-order valence-corrected chi connectivity index (χ0v) is 8.21. The van der Waals surface area contributed by atoms with Crippen molar-refractivity contribution in [2.24, 2.45) is 0 Å². The van der Waals surface area contributed by atoms with Crippen molar-refractivity contribution in [1.82, 2.24) is 4.90 Å². The molecule has 0 bridgehead atoms. The molecule has 0 aliphatic carbocycles. The van der Waals surface area contributed by atoms with Gasteiger partial charge in [0.05, 0.1) is 0 Å². The first-order valence-corrected chi connectivity index (χ1v) is 5.03. The normalized spacial score (nSPS) is 16.7. The van der Waals surface area contributed by atoms with E-state index in [9.17, 15) is 9.59 Å². The van der Waals surface area contributed by atoms with Crippen molar-refractivity contribution >= 4 is 11.7 Å². The molecule has 1 fully saturated rings. The lowest BCUT2D eigenvalue weighted by Crippen LogP contribution is -2.27. The summed E-state index contributed by atoms with van der Waals surface area (Å²) in [4.78, 5) is 24.1. The van der Waals surface area contributed by atoms with E-state index in [1.165, 1.54) is 0 Å². The number of carbonyl (C=O) groups is 2. The highest BCUT2D eigenvalue weighted by Gasteiger charge is 2.19. The van der Waals surface area contributed by atoms with E-state index in [0.29, 0.717) is 25.8 Å². The third-order valence-corrected chi connectivity index (χ3v) is 2.36. The summed E-state index contributed by atoms with van der Waals surface area (Å²) in [6, 6.07) is 0. The quantitative estimate of drug-likeness (QED) is 0.645. The minimum absolute atomic E-state index is 0.212. The van der Waals surface area contributed by atoms with Gasteiger partial charge in [0.15, 0.2) is 0 Å². The maximum Gasteiger partial charge on any atom is 0.222 e. The Labute approximate surface area is 79.1 Å². The first-order chi connectivity index (χ1) is 6.24. The van der Waals surface area contributed by atoms with Crippen LogP contribution in [0.5, 0.6) is 0 Å². The number of ketones is 1. The Morgan fingerprint density at radius 2 is 2.23 bits per heavy atom. The van der Waals surface area contributed by atoms with Crippen molar-refractivity contribution in [3.63, 3.8) is 0 Å². The Balaban J connectivity index is 2.18. The summed E-state index contributed by atoms with van der Waals surface area (Å²) in [5.41, 5.74) is 0. The molecule has 0 aromatic heterocycles. The van der Waals surface area contributed by atoms with E-state index in [4.69, 9.17) is 0 Å². The number of rotatable bonds is 5. The van der Waals surface area contributed by atoms with Crippen LogP contribution in [0.3, 0.4) is 0 Å². The highest BCUT2D eigenvalue weighted by atomic mass is 16.2. The summed E-state index contributed by atoms with van der Waals surface area (Å²) >= 11 is 0. The van der Waals surface area contributed by atoms with Gasteiger partial charge in [-0.05, 0) is 12.8 Å². The molecule has 1 saturated heterocycles. The van der Waals surface area contributed by atoms with Gasteiger partial charge in [0, 0.05) is 32.4 Å². The SMILES string of the molecule is CCCC(=O)CCN1CCCC1=O. The van der Waals surface area contributed by atoms with Gasteiger partial charge in [-0.3, -0.25) is 9.59 Å². The van der Waals surface area contributed by atoms with Crippen molar-refractivity contribution in [2.75, 3.05) is 13.1 Å². The van der Waals surface area contributed by atoms with Gasteiger partial charge in [-0.1, -0.05) is 6.92 Å². The fourth-order valence-electron chi connectivity index (χ4n) is 1.60. The number of nitrogens with zero attached hydrogens (tertiary/aromatic N) is 1. The van der Waals surface area contributed by atoms with E-state index in [0.717, 1.165) is 19.4 Å². The third-order valence-electron chi connectivity index (χ3n) is 2.36. The molecule has 3 heteroatoms. The van der Waals surface area contributed by atoms with Gasteiger partial charge in [0.2, 0.25) is 5.91 Å². The van der Waals surface area contributed by atoms with Crippen LogP contribution in [0.15, 0.2) is 0 Å². The monoisotopic (exact) mass is 183 g/mol. The minimum Gasteiger partial charge on any atom is -0.342 e. The summed E-state index contributed by atoms with van der Waals surface area (Å²) in [7, 11) is 0. The average Bonchev–Trinajstić information content (AvgIpc) is 2.48. The lowest BCUT2D eigenvalue weighted by atomic mass is 10.2. The molecule has 1 rings (SSSR count). The molecule has 1 aliphatic rings. The topological polar surface area (TPSA) is 37.4 Å². The van der Waals surface area contributed by atoms with E-state index in [1.807, 2.05) is 6.92 Å². The number of Topliss-reactive ketones (excluding diaryl/α,β-unsaturated/α-hetero) is 1. The molecule has 13 heavy (non-hydrogen) atoms. The minimum atomic E-state index is 0.212. The molecule has 0 radical (unpaired) electrons. The maximum absolute atomic E-state index is 11.2. The molecule has 74 valence electrons. The summed E-state index contributed by atoms with van der Waals surface area (Å²) in [5, 5.41) is 0. The van der Waals surface area contributed by atoms with Crippen molar-refractivity contribution in [1.29, 1.82) is 0 Å². The van der Waals surface area contributed by atoms with E-state index < -0.39 is 0 Å². The smallest absolute Gasteiger partial charge is 0.222 e. The Kier molecular flexibility index (Phi) is 3.93. The largest absolute Gasteiger partial charge is 0.342 e. The lowest BCUT2D eigenvalue weighted by Gasteiger charge is -2.14. The number of likely N-dealkylation sites (tertiary alicyclic amines) is 1. The van der Waals surface area contributed by atoms with Crippen LogP contribution in [0.2, 0.25) is 0 Å². The molecule has 1 heterocycles. The summed E-state index contributed by atoms with van der Waals surface area (Å²) in [6.07, 6.45) is 3.73. The molecule has 0 atom stereocenters. The predicted molar refractivity (Wildman–Crippen MR) is 50.3 cm³/mol. The Morgan fingerprint density at radius 1 is 1.46 bits per heavy atom. The molecule has 0 unspecified atom stereocenters. The van der Waals surface area contributed by atoms with Gasteiger partial charge in [-0.25, -0.2) is 0 Å². The molecule has 0 spiro atoms. The third kappa shape index (κ3) is 3.17. The fraction of sp³-hybridized carbons (Fsp3) is 0.800. The molecular weight excluding hydrogens is 166 g/mol. The second-order valence-corrected chi connectivity index (χ2v) is 3.52. The van der Waals surface area contributed by atoms with E-state index in [1.54, 1.807) is 4.90 Å². The number of amides is 1. The van der Waals surface area contributed by atoms with Crippen LogP contribution in [0.1, 0.15) is 39.0 Å². The highest BCUT2D eigenvalue weighted by Crippen LogP contribution is 2.10. The molecule has 0 saturated carbocycles. The second-order valence-electron chi connectivity index (χ2n) is 3.52. The van der Waals surface area contributed by atoms with Gasteiger partial charge >= 0.3 is 0 Å². The van der Waals surface area contributed by atoms with Crippen molar-refractivity contribution in [2.45, 2.75) is 39.0 Å². The van der Waals surface area contributed by atoms with Gasteiger partial charge in [0.25, 0.3) is 0 Å². The molecule has 0 N–H and O–H groups in total. The first-order valence-electron chi connectivity index (χ1n) is 5.03. The summed E-state index contributed by atoms with van der Waals surface area (Å²) in [5.74, 6) is 0.492. The zero-order valence-electron chi connectivity index (χ0n) is 8.21. The molecule has 0 aromatic rings. The summed E-state index contributed by atoms with van der Waals surface area (Å²) < 4.78 is 0. The van der Waals surface area contributed by atoms with Gasteiger partial charge in [-0.2, -0.15) is 0 Å². The fourth-order valence-corrected chi connectivity index (χ4v) is 1.60. The van der Waals surface area contributed by atoms with Gasteiger partial charge in [-0.15, -0.1) is 0 Å². The van der Waals surface area contributed by atoms with Crippen LogP contribution < -0.4 is 0 Å². The maximum atomic E-state index is 11.2. The van der Waals surface area contributed by atoms with Crippen LogP contribution in [0, 0.1) is 0 Å². The molecule has 1 amide bonds. The Bertz CT molecular complexity index is 201. The van der Waals surface area contributed by atoms with Gasteiger partial charge in [0.1, 0.15) is 5.78 Å². The number of hydrogen-bond acceptors (Lipinski definition) is 2. The van der Waals surface area contributed by atoms with E-state index in [2.05, 4.69) is 0 Å². The highest BCUT2D eigenvalue weighted by molar-refractivity contribution is 5.81. The first kappa shape index (κ1) is 10.2. The number of carbonyl (C=O) groups excluding carboxylic acids is 2. The Morgan fingerprint density at radius 3 is 2.77 bits per heavy atom. The molecule has 1 aliphatic heterocycles. The van der Waals surface area contributed by atoms with E-state index in [-0.39, 0.29) is 11.7 Å². The van der Waals surface area contributed by atoms with Crippen molar-refractivity contribution in [3.8, 4) is 0 Å². The van der Waals surface area contributed by atoms with Gasteiger partial charge < -0.3 is 4.90 Å². The molecule has 0 aromatic carbocycles.